The smallest absolute Gasteiger partial charge is 0.321 e. The lowest BCUT2D eigenvalue weighted by Crippen LogP contribution is -2.40. The number of pyridine rings is 1. The summed E-state index contributed by atoms with van der Waals surface area (Å²) < 4.78 is 16.3. The number of nitrogens with one attached hydrogen (secondary N) is 3. The Morgan fingerprint density at radius 2 is 1.90 bits per heavy atom. The van der Waals surface area contributed by atoms with Crippen LogP contribution in [-0.2, 0) is 0 Å². The van der Waals surface area contributed by atoms with Crippen molar-refractivity contribution in [3.63, 3.8) is 0 Å². The zero-order valence-electron chi connectivity index (χ0n) is 16.8. The minimum atomic E-state index is -0.401. The Hall–Kier alpha value is -2.81. The highest BCUT2D eigenvalue weighted by Gasteiger charge is 2.30. The first-order chi connectivity index (χ1) is 14.7. The van der Waals surface area contributed by atoms with Crippen LogP contribution in [0, 0.1) is 5.82 Å². The van der Waals surface area contributed by atoms with Crippen LogP contribution in [0.2, 0.25) is 0 Å². The SMILES string of the molecule is OC1CCC(Nc2ncc3[nH]c(Nc4ncccc4F)[n+](C4CCCC4)c3n2)CC1. The molecule has 0 aliphatic heterocycles. The van der Waals surface area contributed by atoms with Crippen molar-refractivity contribution in [3.8, 4) is 0 Å². The van der Waals surface area contributed by atoms with Crippen LogP contribution >= 0.6 is 0 Å². The van der Waals surface area contributed by atoms with Gasteiger partial charge in [-0.25, -0.2) is 24.2 Å². The molecule has 0 amide bonds. The Morgan fingerprint density at radius 1 is 1.10 bits per heavy atom. The van der Waals surface area contributed by atoms with Crippen LogP contribution in [0.25, 0.3) is 11.2 Å². The van der Waals surface area contributed by atoms with E-state index in [1.807, 2.05) is 0 Å². The third-order valence-electron chi connectivity index (χ3n) is 6.21. The molecule has 8 nitrogen and oxygen atoms in total. The third kappa shape index (κ3) is 3.81. The summed E-state index contributed by atoms with van der Waals surface area (Å²) in [6, 6.07) is 3.52. The zero-order valence-corrected chi connectivity index (χ0v) is 16.8. The van der Waals surface area contributed by atoms with Gasteiger partial charge >= 0.3 is 5.95 Å². The van der Waals surface area contributed by atoms with Gasteiger partial charge in [-0.15, -0.1) is 0 Å². The van der Waals surface area contributed by atoms with E-state index in [4.69, 9.17) is 4.98 Å². The molecule has 30 heavy (non-hydrogen) atoms. The first-order valence-electron chi connectivity index (χ1n) is 10.8. The number of aliphatic hydroxyl groups excluding tert-OH is 1. The number of imidazole rings is 1. The maximum absolute atomic E-state index is 14.2. The van der Waals surface area contributed by atoms with E-state index in [1.165, 1.54) is 18.9 Å². The van der Waals surface area contributed by atoms with Crippen LogP contribution in [-0.4, -0.2) is 37.2 Å². The number of hydrogen-bond donors (Lipinski definition) is 4. The fraction of sp³-hybridized carbons (Fsp3) is 0.524. The van der Waals surface area contributed by atoms with Gasteiger partial charge in [0.2, 0.25) is 5.82 Å². The second kappa shape index (κ2) is 8.14. The van der Waals surface area contributed by atoms with Gasteiger partial charge in [0, 0.05) is 12.2 Å². The van der Waals surface area contributed by atoms with E-state index in [-0.39, 0.29) is 18.0 Å². The lowest BCUT2D eigenvalue weighted by molar-refractivity contribution is -0.684. The van der Waals surface area contributed by atoms with Crippen molar-refractivity contribution < 1.29 is 14.1 Å². The molecule has 4 N–H and O–H groups in total. The lowest BCUT2D eigenvalue weighted by atomic mass is 9.93. The standard InChI is InChI=1S/C21H26FN7O/c22-16-6-3-11-23-18(16)27-21-26-17-12-24-20(25-13-7-9-15(30)10-8-13)28-19(17)29(21)14-4-1-2-5-14/h3,6,11-15,30H,1-2,4-5,7-10H2,(H2,23,24,25,26,27,28)/p+1. The second-order valence-electron chi connectivity index (χ2n) is 8.32. The monoisotopic (exact) mass is 412 g/mol. The molecule has 0 radical (unpaired) electrons. The molecule has 0 atom stereocenters. The van der Waals surface area contributed by atoms with E-state index in [0.717, 1.165) is 49.7 Å². The van der Waals surface area contributed by atoms with Crippen molar-refractivity contribution in [2.24, 2.45) is 0 Å². The Labute approximate surface area is 174 Å². The average Bonchev–Trinajstić information content (AvgIpc) is 3.38. The molecule has 5 rings (SSSR count). The van der Waals surface area contributed by atoms with Gasteiger partial charge in [0.1, 0.15) is 0 Å². The topological polar surface area (TPSA) is 103 Å². The summed E-state index contributed by atoms with van der Waals surface area (Å²) in [6.07, 6.45) is 11.0. The number of rotatable bonds is 5. The predicted octanol–water partition coefficient (Wildman–Crippen LogP) is 3.35. The van der Waals surface area contributed by atoms with E-state index in [9.17, 15) is 9.50 Å². The number of hydrogen-bond acceptors (Lipinski definition) is 6. The number of aromatic amines is 1. The van der Waals surface area contributed by atoms with Crippen LogP contribution < -0.4 is 15.2 Å². The molecule has 0 spiro atoms. The molecular formula is C21H27FN7O+. The minimum absolute atomic E-state index is 0.183. The van der Waals surface area contributed by atoms with Crippen LogP contribution in [0.3, 0.4) is 0 Å². The summed E-state index contributed by atoms with van der Waals surface area (Å²) in [6.45, 7) is 0. The maximum Gasteiger partial charge on any atom is 0.321 e. The average molecular weight is 412 g/mol. The summed E-state index contributed by atoms with van der Waals surface area (Å²) in [5.74, 6) is 1.04. The fourth-order valence-electron chi connectivity index (χ4n) is 4.61. The Bertz CT molecular complexity index is 1030. The summed E-state index contributed by atoms with van der Waals surface area (Å²) in [4.78, 5) is 16.7. The van der Waals surface area contributed by atoms with Gasteiger partial charge in [0.25, 0.3) is 11.6 Å². The van der Waals surface area contributed by atoms with Gasteiger partial charge in [0.05, 0.1) is 18.3 Å². The quantitative estimate of drug-likeness (QED) is 0.479. The molecule has 0 unspecified atom stereocenters. The molecule has 2 aliphatic carbocycles. The highest BCUT2D eigenvalue weighted by atomic mass is 19.1. The molecule has 2 aliphatic rings. The third-order valence-corrected chi connectivity index (χ3v) is 6.21. The van der Waals surface area contributed by atoms with Gasteiger partial charge < -0.3 is 10.4 Å². The number of H-pyrrole nitrogens is 1. The Morgan fingerprint density at radius 3 is 2.67 bits per heavy atom. The van der Waals surface area contributed by atoms with E-state index < -0.39 is 5.82 Å². The Balaban J connectivity index is 1.49. The van der Waals surface area contributed by atoms with Gasteiger partial charge in [0.15, 0.2) is 11.3 Å². The summed E-state index contributed by atoms with van der Waals surface area (Å²) in [5, 5.41) is 16.3. The first-order valence-corrected chi connectivity index (χ1v) is 10.8. The van der Waals surface area contributed by atoms with Gasteiger partial charge in [-0.2, -0.15) is 0 Å². The van der Waals surface area contributed by atoms with Crippen LogP contribution in [0.1, 0.15) is 57.4 Å². The molecule has 9 heteroatoms. The largest absolute Gasteiger partial charge is 0.393 e. The highest BCUT2D eigenvalue weighted by molar-refractivity contribution is 5.70. The molecule has 2 fully saturated rings. The van der Waals surface area contributed by atoms with Crippen molar-refractivity contribution in [1.82, 2.24) is 19.9 Å². The van der Waals surface area contributed by atoms with Crippen molar-refractivity contribution in [3.05, 3.63) is 30.3 Å². The van der Waals surface area contributed by atoms with Crippen LogP contribution in [0.5, 0.6) is 0 Å². The summed E-state index contributed by atoms with van der Waals surface area (Å²) in [5.41, 5.74) is 1.60. The molecule has 0 bridgehead atoms. The molecule has 0 saturated heterocycles. The summed E-state index contributed by atoms with van der Waals surface area (Å²) in [7, 11) is 0. The minimum Gasteiger partial charge on any atom is -0.393 e. The molecular weight excluding hydrogens is 385 g/mol. The van der Waals surface area contributed by atoms with E-state index >= 15 is 0 Å². The number of halogens is 1. The van der Waals surface area contributed by atoms with E-state index in [1.54, 1.807) is 18.5 Å². The maximum atomic E-state index is 14.2. The van der Waals surface area contributed by atoms with Crippen molar-refractivity contribution >= 4 is 28.9 Å². The van der Waals surface area contributed by atoms with Crippen LogP contribution in [0.4, 0.5) is 22.1 Å². The van der Waals surface area contributed by atoms with E-state index in [0.29, 0.717) is 17.9 Å². The molecule has 0 aromatic carbocycles. The van der Waals surface area contributed by atoms with Crippen molar-refractivity contribution in [1.29, 1.82) is 0 Å². The first kappa shape index (κ1) is 19.2. The highest BCUT2D eigenvalue weighted by Crippen LogP contribution is 2.29. The molecule has 3 aromatic heterocycles. The second-order valence-corrected chi connectivity index (χ2v) is 8.32. The van der Waals surface area contributed by atoms with Crippen LogP contribution in [0.15, 0.2) is 24.5 Å². The number of nitrogens with zero attached hydrogens (tertiary/aromatic N) is 4. The molecule has 2 saturated carbocycles. The van der Waals surface area contributed by atoms with Gasteiger partial charge in [-0.05, 0) is 50.7 Å². The van der Waals surface area contributed by atoms with Crippen molar-refractivity contribution in [2.45, 2.75) is 69.6 Å². The summed E-state index contributed by atoms with van der Waals surface area (Å²) >= 11 is 0. The number of anilines is 3. The zero-order chi connectivity index (χ0) is 20.5. The van der Waals surface area contributed by atoms with Gasteiger partial charge in [-0.3, -0.25) is 4.98 Å². The molecule has 3 aromatic rings. The normalized spacial score (nSPS) is 22.5. The van der Waals surface area contributed by atoms with Crippen molar-refractivity contribution in [2.75, 3.05) is 10.6 Å². The van der Waals surface area contributed by atoms with Gasteiger partial charge in [-0.1, -0.05) is 17.8 Å². The molecule has 3 heterocycles. The van der Waals surface area contributed by atoms with E-state index in [2.05, 4.69) is 30.2 Å². The lowest BCUT2D eigenvalue weighted by Gasteiger charge is -2.25. The number of aliphatic hydroxyl groups is 1. The Kier molecular flexibility index (Phi) is 5.20. The fourth-order valence-corrected chi connectivity index (χ4v) is 4.61. The number of aromatic nitrogens is 5. The number of fused-ring (bicyclic) bond motifs is 1. The molecule has 158 valence electrons. The predicted molar refractivity (Wildman–Crippen MR) is 111 cm³/mol.